The number of nitrogens with zero attached hydrogens (tertiary/aromatic N) is 3. The van der Waals surface area contributed by atoms with Crippen LogP contribution in [0.3, 0.4) is 0 Å². The Bertz CT molecular complexity index is 1790. The van der Waals surface area contributed by atoms with Crippen LogP contribution in [0.25, 0.3) is 22.2 Å². The van der Waals surface area contributed by atoms with Crippen LogP contribution in [-0.2, 0) is 15.8 Å². The first-order valence-corrected chi connectivity index (χ1v) is 15.3. The molecular weight excluding hydrogens is 569 g/mol. The van der Waals surface area contributed by atoms with Crippen molar-refractivity contribution >= 4 is 32.7 Å². The third-order valence-electron chi connectivity index (χ3n) is 7.30. The molecule has 2 heterocycles. The van der Waals surface area contributed by atoms with Crippen molar-refractivity contribution in [3.05, 3.63) is 82.0 Å². The van der Waals surface area contributed by atoms with Crippen molar-refractivity contribution in [2.75, 3.05) is 10.0 Å². The van der Waals surface area contributed by atoms with Crippen molar-refractivity contribution in [1.82, 2.24) is 14.5 Å². The molecule has 1 aliphatic rings. The Morgan fingerprint density at radius 1 is 1.02 bits per heavy atom. The minimum atomic E-state index is -4.29. The van der Waals surface area contributed by atoms with Crippen LogP contribution in [-0.4, -0.2) is 35.0 Å². The summed E-state index contributed by atoms with van der Waals surface area (Å²) in [5.74, 6) is -4.97. The summed E-state index contributed by atoms with van der Waals surface area (Å²) in [5.41, 5.74) is 3.77. The second kappa shape index (κ2) is 11.7. The van der Waals surface area contributed by atoms with Gasteiger partial charge in [0.05, 0.1) is 11.3 Å². The van der Waals surface area contributed by atoms with E-state index in [9.17, 15) is 13.2 Å². The smallest absolute Gasteiger partial charge is 0.260 e. The summed E-state index contributed by atoms with van der Waals surface area (Å²) in [6.45, 7) is 3.45. The molecule has 0 unspecified atom stereocenters. The lowest BCUT2D eigenvalue weighted by Gasteiger charge is -2.27. The lowest BCUT2D eigenvalue weighted by atomic mass is 9.92. The number of aromatic nitrogens is 3. The average Bonchev–Trinajstić information content (AvgIpc) is 2.94. The number of hydrogen-bond donors (Lipinski definition) is 3. The van der Waals surface area contributed by atoms with Gasteiger partial charge in [0.25, 0.3) is 5.56 Å². The first kappa shape index (κ1) is 29.5. The molecule has 1 aliphatic carbocycles. The highest BCUT2D eigenvalue weighted by molar-refractivity contribution is 7.91. The summed E-state index contributed by atoms with van der Waals surface area (Å²) in [6, 6.07) is 9.71. The van der Waals surface area contributed by atoms with Gasteiger partial charge in [-0.2, -0.15) is 4.98 Å². The summed E-state index contributed by atoms with van der Waals surface area (Å²) in [5, 5.41) is 3.63. The number of rotatable bonds is 8. The van der Waals surface area contributed by atoms with Crippen LogP contribution in [0.1, 0.15) is 51.1 Å². The Hall–Kier alpha value is -3.97. The summed E-state index contributed by atoms with van der Waals surface area (Å²) < 4.78 is 74.1. The molecule has 5 rings (SSSR count). The van der Waals surface area contributed by atoms with Gasteiger partial charge < -0.3 is 11.1 Å². The number of hydrogen-bond acceptors (Lipinski definition) is 7. The summed E-state index contributed by atoms with van der Waals surface area (Å²) in [6.07, 6.45) is 4.91. The van der Waals surface area contributed by atoms with Crippen molar-refractivity contribution in [2.45, 2.75) is 63.4 Å². The monoisotopic (exact) mass is 600 g/mol. The van der Waals surface area contributed by atoms with Crippen molar-refractivity contribution < 1.29 is 21.6 Å². The predicted molar refractivity (Wildman–Crippen MR) is 156 cm³/mol. The van der Waals surface area contributed by atoms with Crippen molar-refractivity contribution in [3.8, 4) is 11.1 Å². The third-order valence-corrected chi connectivity index (χ3v) is 8.53. The Morgan fingerprint density at radius 3 is 2.38 bits per heavy atom. The highest BCUT2D eigenvalue weighted by Gasteiger charge is 2.27. The zero-order valence-corrected chi connectivity index (χ0v) is 23.9. The van der Waals surface area contributed by atoms with Gasteiger partial charge in [-0.3, -0.25) is 14.1 Å². The van der Waals surface area contributed by atoms with Crippen LogP contribution in [0.2, 0.25) is 0 Å². The average molecular weight is 601 g/mol. The molecule has 4 aromatic rings. The predicted octanol–water partition coefficient (Wildman–Crippen LogP) is 5.08. The van der Waals surface area contributed by atoms with Crippen LogP contribution in [0.5, 0.6) is 0 Å². The molecule has 2 aromatic heterocycles. The highest BCUT2D eigenvalue weighted by Crippen LogP contribution is 2.32. The SMILES string of the molecule is CC(C)n1c(=O)c(-c2cc(F)c(NS(=O)(=O)Cc3ccccc3)c(F)c2F)cc2cnc(NC3CCC(N)CC3)nc21. The molecule has 1 fully saturated rings. The molecule has 0 aliphatic heterocycles. The number of anilines is 2. The fraction of sp³-hybridized carbons (Fsp3) is 0.345. The Morgan fingerprint density at radius 2 is 1.71 bits per heavy atom. The molecule has 222 valence electrons. The van der Waals surface area contributed by atoms with Crippen LogP contribution >= 0.6 is 0 Å². The molecular formula is C29H31F3N6O3S. The van der Waals surface area contributed by atoms with Crippen molar-refractivity contribution in [3.63, 3.8) is 0 Å². The molecule has 1 saturated carbocycles. The van der Waals surface area contributed by atoms with E-state index in [-0.39, 0.29) is 23.3 Å². The maximum Gasteiger partial charge on any atom is 0.260 e. The molecule has 0 spiro atoms. The molecule has 0 bridgehead atoms. The summed E-state index contributed by atoms with van der Waals surface area (Å²) >= 11 is 0. The molecule has 42 heavy (non-hydrogen) atoms. The van der Waals surface area contributed by atoms with Gasteiger partial charge in [0.1, 0.15) is 11.3 Å². The van der Waals surface area contributed by atoms with E-state index >= 15 is 13.2 Å². The molecule has 4 N–H and O–H groups in total. The number of sulfonamides is 1. The maximum absolute atomic E-state index is 15.4. The number of pyridine rings is 1. The van der Waals surface area contributed by atoms with Gasteiger partial charge in [-0.25, -0.2) is 26.6 Å². The Balaban J connectivity index is 1.52. The van der Waals surface area contributed by atoms with Crippen LogP contribution in [0.4, 0.5) is 24.8 Å². The zero-order chi connectivity index (χ0) is 30.2. The zero-order valence-electron chi connectivity index (χ0n) is 23.1. The van der Waals surface area contributed by atoms with Crippen LogP contribution < -0.4 is 21.3 Å². The molecule has 2 aromatic carbocycles. The largest absolute Gasteiger partial charge is 0.351 e. The highest BCUT2D eigenvalue weighted by atomic mass is 32.2. The number of nitrogens with one attached hydrogen (secondary N) is 2. The van der Waals surface area contributed by atoms with Gasteiger partial charge in [-0.05, 0) is 57.2 Å². The van der Waals surface area contributed by atoms with Gasteiger partial charge in [-0.15, -0.1) is 0 Å². The fourth-order valence-electron chi connectivity index (χ4n) is 5.18. The molecule has 13 heteroatoms. The second-order valence-corrected chi connectivity index (χ2v) is 12.5. The summed E-state index contributed by atoms with van der Waals surface area (Å²) in [4.78, 5) is 22.5. The van der Waals surface area contributed by atoms with E-state index in [2.05, 4.69) is 15.3 Å². The van der Waals surface area contributed by atoms with E-state index in [0.717, 1.165) is 25.7 Å². The number of fused-ring (bicyclic) bond motifs is 1. The van der Waals surface area contributed by atoms with E-state index in [4.69, 9.17) is 5.73 Å². The molecule has 0 amide bonds. The minimum Gasteiger partial charge on any atom is -0.351 e. The topological polar surface area (TPSA) is 132 Å². The van der Waals surface area contributed by atoms with Crippen LogP contribution in [0.15, 0.2) is 53.5 Å². The number of benzene rings is 2. The second-order valence-electron chi connectivity index (χ2n) is 10.8. The Kier molecular flexibility index (Phi) is 8.24. The molecule has 0 saturated heterocycles. The van der Waals surface area contributed by atoms with Gasteiger partial charge in [0, 0.05) is 35.3 Å². The first-order valence-electron chi connectivity index (χ1n) is 13.6. The van der Waals surface area contributed by atoms with Crippen molar-refractivity contribution in [2.24, 2.45) is 5.73 Å². The fourth-order valence-corrected chi connectivity index (χ4v) is 6.38. The van der Waals surface area contributed by atoms with E-state index in [1.54, 1.807) is 36.8 Å². The first-order chi connectivity index (χ1) is 19.9. The van der Waals surface area contributed by atoms with Gasteiger partial charge in [0.15, 0.2) is 17.5 Å². The minimum absolute atomic E-state index is 0.129. The summed E-state index contributed by atoms with van der Waals surface area (Å²) in [7, 11) is -4.29. The quantitative estimate of drug-likeness (QED) is 0.240. The molecule has 0 atom stereocenters. The van der Waals surface area contributed by atoms with E-state index in [1.165, 1.54) is 29.0 Å². The van der Waals surface area contributed by atoms with Gasteiger partial charge >= 0.3 is 0 Å². The van der Waals surface area contributed by atoms with Gasteiger partial charge in [0.2, 0.25) is 16.0 Å². The molecule has 0 radical (unpaired) electrons. The number of nitrogens with two attached hydrogens (primary N) is 1. The normalized spacial score (nSPS) is 17.5. The standard InChI is InChI=1S/C29H31F3N6O3S/c1-16(2)38-27-18(14-34-29(36-27)35-20-10-8-19(33)9-11-20)12-22(28(38)39)21-13-23(30)26(25(32)24(21)31)37-42(40,41)15-17-6-4-3-5-7-17/h3-7,12-14,16,19-20,37H,8-11,15,33H2,1-2H3,(H,34,35,36). The lowest BCUT2D eigenvalue weighted by molar-refractivity contribution is 0.410. The van der Waals surface area contributed by atoms with Crippen molar-refractivity contribution in [1.29, 1.82) is 0 Å². The number of halogens is 3. The van der Waals surface area contributed by atoms with E-state index < -0.39 is 56.1 Å². The molecule has 9 nitrogen and oxygen atoms in total. The van der Waals surface area contributed by atoms with E-state index in [1.807, 2.05) is 0 Å². The third kappa shape index (κ3) is 6.12. The maximum atomic E-state index is 15.4. The van der Waals surface area contributed by atoms with Gasteiger partial charge in [-0.1, -0.05) is 30.3 Å². The van der Waals surface area contributed by atoms with E-state index in [0.29, 0.717) is 23.0 Å². The van der Waals surface area contributed by atoms with Crippen LogP contribution in [0, 0.1) is 17.5 Å². The Labute approximate surface area is 241 Å². The lowest BCUT2D eigenvalue weighted by Crippen LogP contribution is -2.33.